The molecule has 1 aromatic carbocycles. The Morgan fingerprint density at radius 2 is 2.00 bits per heavy atom. The summed E-state index contributed by atoms with van der Waals surface area (Å²) in [4.78, 5) is 4.53. The Labute approximate surface area is 102 Å². The van der Waals surface area contributed by atoms with Gasteiger partial charge in [-0.05, 0) is 32.4 Å². The van der Waals surface area contributed by atoms with Crippen LogP contribution in [0.2, 0.25) is 0 Å². The average Bonchev–Trinajstić information content (AvgIpc) is 2.64. The molecular formula is C14H18N2O. The molecule has 0 spiro atoms. The second kappa shape index (κ2) is 4.72. The van der Waals surface area contributed by atoms with Crippen molar-refractivity contribution in [1.29, 1.82) is 0 Å². The third kappa shape index (κ3) is 2.39. The van der Waals surface area contributed by atoms with Crippen molar-refractivity contribution in [2.75, 3.05) is 6.54 Å². The fourth-order valence-electron chi connectivity index (χ4n) is 1.92. The predicted octanol–water partition coefficient (Wildman–Crippen LogP) is 2.77. The Morgan fingerprint density at radius 3 is 2.71 bits per heavy atom. The lowest BCUT2D eigenvalue weighted by Crippen LogP contribution is -2.02. The van der Waals surface area contributed by atoms with E-state index in [1.807, 2.05) is 6.92 Å². The van der Waals surface area contributed by atoms with Gasteiger partial charge in [-0.25, -0.2) is 4.98 Å². The molecule has 1 heterocycles. The Kier molecular flexibility index (Phi) is 3.29. The highest BCUT2D eigenvalue weighted by atomic mass is 16.4. The van der Waals surface area contributed by atoms with E-state index in [9.17, 15) is 0 Å². The van der Waals surface area contributed by atoms with Crippen LogP contribution in [-0.4, -0.2) is 11.5 Å². The van der Waals surface area contributed by atoms with Crippen LogP contribution in [0.1, 0.15) is 22.8 Å². The summed E-state index contributed by atoms with van der Waals surface area (Å²) in [5, 5.41) is 0. The van der Waals surface area contributed by atoms with Crippen LogP contribution in [0.5, 0.6) is 0 Å². The first kappa shape index (κ1) is 11.9. The first-order chi connectivity index (χ1) is 8.11. The lowest BCUT2D eigenvalue weighted by Gasteiger charge is -2.04. The largest absolute Gasteiger partial charge is 0.445 e. The number of hydrogen-bond donors (Lipinski definition) is 1. The van der Waals surface area contributed by atoms with Crippen LogP contribution in [0.3, 0.4) is 0 Å². The summed E-state index contributed by atoms with van der Waals surface area (Å²) in [6.45, 7) is 6.68. The molecule has 3 nitrogen and oxygen atoms in total. The second-order valence-electron chi connectivity index (χ2n) is 4.37. The number of nitrogens with zero attached hydrogens (tertiary/aromatic N) is 1. The minimum absolute atomic E-state index is 0.562. The fraction of sp³-hybridized carbons (Fsp3) is 0.357. The Bertz CT molecular complexity index is 529. The van der Waals surface area contributed by atoms with Gasteiger partial charge in [0.2, 0.25) is 0 Å². The standard InChI is InChI=1S/C14H18N2O/c1-9-4-5-10(2)12(8-9)14-11(3)17-13(16-14)6-7-15/h4-5,8H,6-7,15H2,1-3H3. The summed E-state index contributed by atoms with van der Waals surface area (Å²) < 4.78 is 5.61. The molecule has 0 unspecified atom stereocenters. The average molecular weight is 230 g/mol. The van der Waals surface area contributed by atoms with Gasteiger partial charge in [0.1, 0.15) is 11.5 Å². The van der Waals surface area contributed by atoms with Crippen molar-refractivity contribution in [2.24, 2.45) is 5.73 Å². The molecular weight excluding hydrogens is 212 g/mol. The van der Waals surface area contributed by atoms with Crippen LogP contribution in [0, 0.1) is 20.8 Å². The van der Waals surface area contributed by atoms with E-state index in [1.54, 1.807) is 0 Å². The SMILES string of the molecule is Cc1ccc(C)c(-c2nc(CCN)oc2C)c1. The molecule has 3 heteroatoms. The fourth-order valence-corrected chi connectivity index (χ4v) is 1.92. The van der Waals surface area contributed by atoms with Crippen molar-refractivity contribution >= 4 is 0 Å². The highest BCUT2D eigenvalue weighted by Crippen LogP contribution is 2.27. The molecule has 0 saturated heterocycles. The van der Waals surface area contributed by atoms with E-state index < -0.39 is 0 Å². The summed E-state index contributed by atoms with van der Waals surface area (Å²) in [5.74, 6) is 1.59. The van der Waals surface area contributed by atoms with Gasteiger partial charge in [-0.1, -0.05) is 17.7 Å². The van der Waals surface area contributed by atoms with Crippen LogP contribution in [-0.2, 0) is 6.42 Å². The summed E-state index contributed by atoms with van der Waals surface area (Å²) in [6.07, 6.45) is 0.686. The lowest BCUT2D eigenvalue weighted by atomic mass is 10.0. The van der Waals surface area contributed by atoms with E-state index in [4.69, 9.17) is 10.2 Å². The van der Waals surface area contributed by atoms with Crippen LogP contribution in [0.25, 0.3) is 11.3 Å². The van der Waals surface area contributed by atoms with Gasteiger partial charge in [0, 0.05) is 18.5 Å². The van der Waals surface area contributed by atoms with E-state index in [-0.39, 0.29) is 0 Å². The molecule has 0 amide bonds. The third-order valence-corrected chi connectivity index (χ3v) is 2.85. The molecule has 0 aliphatic rings. The maximum atomic E-state index is 5.61. The third-order valence-electron chi connectivity index (χ3n) is 2.85. The van der Waals surface area contributed by atoms with Gasteiger partial charge in [0.05, 0.1) is 0 Å². The number of benzene rings is 1. The van der Waals surface area contributed by atoms with Crippen LogP contribution in [0.15, 0.2) is 22.6 Å². The van der Waals surface area contributed by atoms with Crippen molar-refractivity contribution in [3.63, 3.8) is 0 Å². The zero-order valence-corrected chi connectivity index (χ0v) is 10.6. The van der Waals surface area contributed by atoms with Gasteiger partial charge in [-0.15, -0.1) is 0 Å². The van der Waals surface area contributed by atoms with E-state index in [0.29, 0.717) is 13.0 Å². The zero-order valence-electron chi connectivity index (χ0n) is 10.6. The number of rotatable bonds is 3. The zero-order chi connectivity index (χ0) is 12.4. The molecule has 0 radical (unpaired) electrons. The Hall–Kier alpha value is -1.61. The smallest absolute Gasteiger partial charge is 0.196 e. The number of oxazole rings is 1. The van der Waals surface area contributed by atoms with Crippen molar-refractivity contribution < 1.29 is 4.42 Å². The van der Waals surface area contributed by atoms with Crippen LogP contribution >= 0.6 is 0 Å². The molecule has 0 aliphatic carbocycles. The molecule has 0 saturated carbocycles. The highest BCUT2D eigenvalue weighted by Gasteiger charge is 2.13. The lowest BCUT2D eigenvalue weighted by molar-refractivity contribution is 0.473. The summed E-state index contributed by atoms with van der Waals surface area (Å²) >= 11 is 0. The summed E-state index contributed by atoms with van der Waals surface area (Å²) in [7, 11) is 0. The van der Waals surface area contributed by atoms with E-state index in [2.05, 4.69) is 37.0 Å². The quantitative estimate of drug-likeness (QED) is 0.882. The van der Waals surface area contributed by atoms with Gasteiger partial charge in [0.25, 0.3) is 0 Å². The second-order valence-corrected chi connectivity index (χ2v) is 4.37. The number of nitrogens with two attached hydrogens (primary N) is 1. The molecule has 1 aromatic heterocycles. The molecule has 2 rings (SSSR count). The molecule has 0 fully saturated rings. The topological polar surface area (TPSA) is 52.0 Å². The molecule has 0 bridgehead atoms. The van der Waals surface area contributed by atoms with Crippen molar-refractivity contribution in [1.82, 2.24) is 4.98 Å². The monoisotopic (exact) mass is 230 g/mol. The highest BCUT2D eigenvalue weighted by molar-refractivity contribution is 5.66. The van der Waals surface area contributed by atoms with E-state index in [0.717, 1.165) is 22.9 Å². The maximum Gasteiger partial charge on any atom is 0.196 e. The van der Waals surface area contributed by atoms with E-state index in [1.165, 1.54) is 11.1 Å². The molecule has 2 aromatic rings. The molecule has 0 atom stereocenters. The van der Waals surface area contributed by atoms with Gasteiger partial charge in [-0.3, -0.25) is 0 Å². The normalized spacial score (nSPS) is 10.8. The summed E-state index contributed by atoms with van der Waals surface area (Å²) in [5.41, 5.74) is 10.0. The minimum atomic E-state index is 0.562. The Balaban J connectivity index is 2.48. The van der Waals surface area contributed by atoms with Crippen molar-refractivity contribution in [3.05, 3.63) is 41.0 Å². The van der Waals surface area contributed by atoms with Gasteiger partial charge in [-0.2, -0.15) is 0 Å². The first-order valence-corrected chi connectivity index (χ1v) is 5.86. The van der Waals surface area contributed by atoms with Crippen LogP contribution in [0.4, 0.5) is 0 Å². The van der Waals surface area contributed by atoms with Crippen molar-refractivity contribution in [3.8, 4) is 11.3 Å². The van der Waals surface area contributed by atoms with Gasteiger partial charge in [0.15, 0.2) is 5.89 Å². The number of aryl methyl sites for hydroxylation is 3. The molecule has 17 heavy (non-hydrogen) atoms. The molecule has 2 N–H and O–H groups in total. The van der Waals surface area contributed by atoms with Gasteiger partial charge < -0.3 is 10.2 Å². The predicted molar refractivity (Wildman–Crippen MR) is 68.9 cm³/mol. The Morgan fingerprint density at radius 1 is 1.24 bits per heavy atom. The molecule has 0 aliphatic heterocycles. The van der Waals surface area contributed by atoms with Crippen molar-refractivity contribution in [2.45, 2.75) is 27.2 Å². The minimum Gasteiger partial charge on any atom is -0.445 e. The molecule has 90 valence electrons. The van der Waals surface area contributed by atoms with Gasteiger partial charge >= 0.3 is 0 Å². The summed E-state index contributed by atoms with van der Waals surface area (Å²) in [6, 6.07) is 6.36. The maximum absolute atomic E-state index is 5.61. The van der Waals surface area contributed by atoms with Crippen LogP contribution < -0.4 is 5.73 Å². The van der Waals surface area contributed by atoms with E-state index >= 15 is 0 Å². The number of aromatic nitrogens is 1. The first-order valence-electron chi connectivity index (χ1n) is 5.86. The number of hydrogen-bond acceptors (Lipinski definition) is 3.